The standard InChI is InChI=1S/C41H34/c1-3-41(4-2)37-27-33(29-17-9-5-10-18-29)25-35(31-21-13-7-14-22-31)39(37)40-36(32-23-15-8-16-24-32)26-34(28-38(40)41)30-19-11-6-12-20-30/h5-28H,3-4H2,1-2H3. The summed E-state index contributed by atoms with van der Waals surface area (Å²) in [5, 5.41) is 0. The van der Waals surface area contributed by atoms with Gasteiger partial charge in [0.25, 0.3) is 0 Å². The van der Waals surface area contributed by atoms with Gasteiger partial charge in [0.05, 0.1) is 0 Å². The van der Waals surface area contributed by atoms with E-state index >= 15 is 0 Å². The van der Waals surface area contributed by atoms with Gasteiger partial charge in [0.15, 0.2) is 0 Å². The highest BCUT2D eigenvalue weighted by Crippen LogP contribution is 2.59. The van der Waals surface area contributed by atoms with E-state index in [4.69, 9.17) is 0 Å². The molecule has 1 aliphatic carbocycles. The molecule has 0 heteroatoms. The molecule has 0 aromatic heterocycles. The largest absolute Gasteiger partial charge is 0.0642 e. The maximum atomic E-state index is 2.50. The summed E-state index contributed by atoms with van der Waals surface area (Å²) < 4.78 is 0. The molecule has 0 nitrogen and oxygen atoms in total. The Hall–Kier alpha value is -4.68. The first-order chi connectivity index (χ1) is 20.2. The molecule has 198 valence electrons. The van der Waals surface area contributed by atoms with Gasteiger partial charge in [-0.2, -0.15) is 0 Å². The third kappa shape index (κ3) is 4.14. The molecule has 0 unspecified atom stereocenters. The van der Waals surface area contributed by atoms with Crippen molar-refractivity contribution in [2.45, 2.75) is 32.1 Å². The van der Waals surface area contributed by atoms with Gasteiger partial charge >= 0.3 is 0 Å². The summed E-state index contributed by atoms with van der Waals surface area (Å²) in [4.78, 5) is 0. The number of rotatable bonds is 6. The molecule has 0 fully saturated rings. The Morgan fingerprint density at radius 3 is 1.00 bits per heavy atom. The second-order valence-electron chi connectivity index (χ2n) is 11.1. The summed E-state index contributed by atoms with van der Waals surface area (Å²) in [5.74, 6) is 0. The van der Waals surface area contributed by atoms with Crippen LogP contribution in [0.1, 0.15) is 37.8 Å². The van der Waals surface area contributed by atoms with Crippen molar-refractivity contribution in [3.05, 3.63) is 157 Å². The topological polar surface area (TPSA) is 0 Å². The van der Waals surface area contributed by atoms with E-state index < -0.39 is 0 Å². The van der Waals surface area contributed by atoms with Crippen LogP contribution in [-0.4, -0.2) is 0 Å². The van der Waals surface area contributed by atoms with Crippen molar-refractivity contribution < 1.29 is 0 Å². The van der Waals surface area contributed by atoms with Gasteiger partial charge in [-0.25, -0.2) is 0 Å². The molecule has 0 amide bonds. The molecular weight excluding hydrogens is 492 g/mol. The first-order valence-corrected chi connectivity index (χ1v) is 14.8. The minimum atomic E-state index is -0.0761. The van der Waals surface area contributed by atoms with E-state index in [1.807, 2.05) is 0 Å². The first-order valence-electron chi connectivity index (χ1n) is 14.8. The highest BCUT2D eigenvalue weighted by molar-refractivity contribution is 6.02. The van der Waals surface area contributed by atoms with E-state index in [0.29, 0.717) is 0 Å². The molecule has 41 heavy (non-hydrogen) atoms. The van der Waals surface area contributed by atoms with Crippen LogP contribution in [0, 0.1) is 0 Å². The lowest BCUT2D eigenvalue weighted by Gasteiger charge is -2.31. The fourth-order valence-corrected chi connectivity index (χ4v) is 7.02. The summed E-state index contributed by atoms with van der Waals surface area (Å²) in [6.45, 7) is 4.74. The zero-order valence-corrected chi connectivity index (χ0v) is 23.8. The second-order valence-corrected chi connectivity index (χ2v) is 11.1. The summed E-state index contributed by atoms with van der Waals surface area (Å²) >= 11 is 0. The van der Waals surface area contributed by atoms with Crippen LogP contribution >= 0.6 is 0 Å². The molecule has 0 radical (unpaired) electrons. The molecule has 0 N–H and O–H groups in total. The molecule has 0 aliphatic heterocycles. The van der Waals surface area contributed by atoms with Gasteiger partial charge in [-0.05, 0) is 104 Å². The van der Waals surface area contributed by atoms with E-state index in [1.165, 1.54) is 66.8 Å². The predicted octanol–water partition coefficient (Wildman–Crippen LogP) is 11.4. The Bertz CT molecular complexity index is 1680. The van der Waals surface area contributed by atoms with Crippen molar-refractivity contribution in [2.24, 2.45) is 0 Å². The molecule has 6 aromatic rings. The fourth-order valence-electron chi connectivity index (χ4n) is 7.02. The Balaban J connectivity index is 1.63. The van der Waals surface area contributed by atoms with E-state index in [1.54, 1.807) is 0 Å². The van der Waals surface area contributed by atoms with Crippen molar-refractivity contribution in [1.29, 1.82) is 0 Å². The molecule has 0 saturated carbocycles. The van der Waals surface area contributed by atoms with Crippen molar-refractivity contribution in [2.75, 3.05) is 0 Å². The monoisotopic (exact) mass is 526 g/mol. The van der Waals surface area contributed by atoms with Gasteiger partial charge < -0.3 is 0 Å². The first kappa shape index (κ1) is 25.3. The zero-order chi connectivity index (χ0) is 27.8. The summed E-state index contributed by atoms with van der Waals surface area (Å²) in [6.07, 6.45) is 2.09. The smallest absolute Gasteiger partial charge is 0.0210 e. The van der Waals surface area contributed by atoms with Crippen molar-refractivity contribution in [1.82, 2.24) is 0 Å². The van der Waals surface area contributed by atoms with Gasteiger partial charge in [0, 0.05) is 5.41 Å². The molecule has 0 saturated heterocycles. The Kier molecular flexibility index (Phi) is 6.40. The minimum Gasteiger partial charge on any atom is -0.0642 e. The van der Waals surface area contributed by atoms with Gasteiger partial charge in [0.1, 0.15) is 0 Å². The van der Waals surface area contributed by atoms with Crippen LogP contribution in [0.25, 0.3) is 55.6 Å². The molecule has 0 heterocycles. The lowest BCUT2D eigenvalue weighted by atomic mass is 9.72. The molecule has 1 aliphatic rings. The normalized spacial score (nSPS) is 13.0. The van der Waals surface area contributed by atoms with Crippen LogP contribution in [0.3, 0.4) is 0 Å². The van der Waals surface area contributed by atoms with Crippen LogP contribution < -0.4 is 0 Å². The van der Waals surface area contributed by atoms with E-state index in [9.17, 15) is 0 Å². The van der Waals surface area contributed by atoms with Crippen LogP contribution in [0.5, 0.6) is 0 Å². The summed E-state index contributed by atoms with van der Waals surface area (Å²) in [6, 6.07) is 53.5. The van der Waals surface area contributed by atoms with Crippen molar-refractivity contribution in [3.8, 4) is 55.6 Å². The van der Waals surface area contributed by atoms with Gasteiger partial charge in [0.2, 0.25) is 0 Å². The Labute approximate surface area is 244 Å². The van der Waals surface area contributed by atoms with Crippen LogP contribution in [0.4, 0.5) is 0 Å². The average molecular weight is 527 g/mol. The highest BCUT2D eigenvalue weighted by Gasteiger charge is 2.43. The molecule has 6 aromatic carbocycles. The predicted molar refractivity (Wildman–Crippen MR) is 175 cm³/mol. The summed E-state index contributed by atoms with van der Waals surface area (Å²) in [7, 11) is 0. The maximum absolute atomic E-state index is 2.50. The van der Waals surface area contributed by atoms with Gasteiger partial charge in [-0.3, -0.25) is 0 Å². The van der Waals surface area contributed by atoms with Crippen molar-refractivity contribution in [3.63, 3.8) is 0 Å². The third-order valence-corrected chi connectivity index (χ3v) is 9.15. The maximum Gasteiger partial charge on any atom is 0.0210 e. The highest BCUT2D eigenvalue weighted by atomic mass is 14.5. The molecule has 0 atom stereocenters. The Morgan fingerprint density at radius 2 is 0.683 bits per heavy atom. The second kappa shape index (κ2) is 10.4. The summed E-state index contributed by atoms with van der Waals surface area (Å²) in [5.41, 5.74) is 15.9. The van der Waals surface area contributed by atoms with Crippen LogP contribution in [0.2, 0.25) is 0 Å². The SMILES string of the molecule is CCC1(CC)c2cc(-c3ccccc3)cc(-c3ccccc3)c2-c2c(-c3ccccc3)cc(-c3ccccc3)cc21. The quantitative estimate of drug-likeness (QED) is 0.202. The molecular formula is C41H34. The number of fused-ring (bicyclic) bond motifs is 3. The van der Waals surface area contributed by atoms with E-state index in [2.05, 4.69) is 159 Å². The number of benzene rings is 6. The Morgan fingerprint density at radius 1 is 0.366 bits per heavy atom. The van der Waals surface area contributed by atoms with Gasteiger partial charge in [-0.1, -0.05) is 135 Å². The lowest BCUT2D eigenvalue weighted by Crippen LogP contribution is -2.23. The van der Waals surface area contributed by atoms with E-state index in [-0.39, 0.29) is 5.41 Å². The average Bonchev–Trinajstić information content (AvgIpc) is 3.35. The van der Waals surface area contributed by atoms with Crippen LogP contribution in [-0.2, 0) is 5.41 Å². The van der Waals surface area contributed by atoms with Crippen molar-refractivity contribution >= 4 is 0 Å². The minimum absolute atomic E-state index is 0.0761. The lowest BCUT2D eigenvalue weighted by molar-refractivity contribution is 0.491. The number of hydrogen-bond donors (Lipinski definition) is 0. The molecule has 0 bridgehead atoms. The fraction of sp³-hybridized carbons (Fsp3) is 0.122. The molecule has 7 rings (SSSR count). The van der Waals surface area contributed by atoms with Crippen LogP contribution in [0.15, 0.2) is 146 Å². The third-order valence-electron chi connectivity index (χ3n) is 9.15. The zero-order valence-electron chi connectivity index (χ0n) is 23.8. The molecule has 0 spiro atoms. The van der Waals surface area contributed by atoms with E-state index in [0.717, 1.165) is 12.8 Å². The van der Waals surface area contributed by atoms with Gasteiger partial charge in [-0.15, -0.1) is 0 Å². The number of hydrogen-bond acceptors (Lipinski definition) is 0.